The van der Waals surface area contributed by atoms with E-state index in [9.17, 15) is 9.90 Å². The average Bonchev–Trinajstić information content (AvgIpc) is 2.72. The van der Waals surface area contributed by atoms with Crippen molar-refractivity contribution in [1.82, 2.24) is 0 Å². The fraction of sp³-hybridized carbons (Fsp3) is 0.300. The summed E-state index contributed by atoms with van der Waals surface area (Å²) in [6.45, 7) is 0.228. The van der Waals surface area contributed by atoms with Gasteiger partial charge in [-0.05, 0) is 29.6 Å². The normalized spacial score (nSPS) is 22.9. The minimum Gasteiger partial charge on any atom is -0.452 e. The van der Waals surface area contributed by atoms with Crippen LogP contribution in [-0.4, -0.2) is 35.0 Å². The van der Waals surface area contributed by atoms with Crippen molar-refractivity contribution in [2.75, 3.05) is 0 Å². The number of oxime groups is 1. The van der Waals surface area contributed by atoms with E-state index < -0.39 is 24.2 Å². The molecule has 8 nitrogen and oxygen atoms in total. The molecular weight excluding hydrogens is 360 g/mol. The fourth-order valence-electron chi connectivity index (χ4n) is 3.00. The summed E-state index contributed by atoms with van der Waals surface area (Å²) >= 11 is 0. The van der Waals surface area contributed by atoms with Crippen molar-refractivity contribution < 1.29 is 19.5 Å². The van der Waals surface area contributed by atoms with Gasteiger partial charge in [-0.2, -0.15) is 0 Å². The molecule has 0 spiro atoms. The summed E-state index contributed by atoms with van der Waals surface area (Å²) in [5.74, 6) is -0.559. The van der Waals surface area contributed by atoms with Crippen molar-refractivity contribution in [1.29, 1.82) is 0 Å². The summed E-state index contributed by atoms with van der Waals surface area (Å²) in [4.78, 5) is 20.7. The Kier molecular flexibility index (Phi) is 6.62. The number of benzene rings is 2. The quantitative estimate of drug-likeness (QED) is 0.271. The lowest BCUT2D eigenvalue weighted by molar-refractivity contribution is 0.0258. The highest BCUT2D eigenvalue weighted by Gasteiger charge is 2.37. The van der Waals surface area contributed by atoms with Crippen LogP contribution in [0, 0.1) is 0 Å². The first-order valence-corrected chi connectivity index (χ1v) is 8.88. The van der Waals surface area contributed by atoms with E-state index in [4.69, 9.17) is 15.1 Å². The molecule has 1 N–H and O–H groups in total. The molecule has 0 radical (unpaired) electrons. The second-order valence-electron chi connectivity index (χ2n) is 6.40. The van der Waals surface area contributed by atoms with Crippen LogP contribution in [0.4, 0.5) is 0 Å². The van der Waals surface area contributed by atoms with Crippen LogP contribution in [0.15, 0.2) is 70.9 Å². The van der Waals surface area contributed by atoms with Gasteiger partial charge in [0.05, 0.1) is 17.7 Å². The third-order valence-electron chi connectivity index (χ3n) is 4.34. The Hall–Kier alpha value is -3.35. The largest absolute Gasteiger partial charge is 0.452 e. The molecule has 0 saturated heterocycles. The van der Waals surface area contributed by atoms with Gasteiger partial charge in [-0.15, -0.1) is 0 Å². The molecule has 8 heteroatoms. The highest BCUT2D eigenvalue weighted by molar-refractivity contribution is 5.95. The van der Waals surface area contributed by atoms with E-state index in [0.717, 1.165) is 5.56 Å². The number of rotatable bonds is 6. The van der Waals surface area contributed by atoms with E-state index in [0.29, 0.717) is 11.3 Å². The first-order chi connectivity index (χ1) is 13.7. The van der Waals surface area contributed by atoms with Crippen LogP contribution < -0.4 is 0 Å². The smallest absolute Gasteiger partial charge is 0.338 e. The standard InChI is InChI=1S/C20H20N4O4/c21-24-22-17-11-16(25)12-18(23-27-13-14-7-3-1-4-8-14)19(17)28-20(26)15-9-5-2-6-10-15/h1-10,16-17,19,25H,11-13H2/b23-18+/t16-,17-,19+/m1/s1. The highest BCUT2D eigenvalue weighted by Crippen LogP contribution is 2.24. The maximum atomic E-state index is 12.5. The van der Waals surface area contributed by atoms with Crippen LogP contribution in [0.25, 0.3) is 10.4 Å². The molecule has 1 saturated carbocycles. The Morgan fingerprint density at radius 1 is 1.14 bits per heavy atom. The Labute approximate surface area is 162 Å². The van der Waals surface area contributed by atoms with Gasteiger partial charge < -0.3 is 14.7 Å². The van der Waals surface area contributed by atoms with E-state index in [1.165, 1.54) is 0 Å². The van der Waals surface area contributed by atoms with E-state index >= 15 is 0 Å². The van der Waals surface area contributed by atoms with Gasteiger partial charge in [0.1, 0.15) is 12.3 Å². The third-order valence-corrected chi connectivity index (χ3v) is 4.34. The van der Waals surface area contributed by atoms with Crippen LogP contribution in [0.5, 0.6) is 0 Å². The minimum atomic E-state index is -0.900. The van der Waals surface area contributed by atoms with Gasteiger partial charge in [0.2, 0.25) is 0 Å². The van der Waals surface area contributed by atoms with Crippen molar-refractivity contribution in [3.05, 3.63) is 82.2 Å². The van der Waals surface area contributed by atoms with Gasteiger partial charge in [-0.1, -0.05) is 58.8 Å². The molecule has 1 fully saturated rings. The number of carbonyl (C=O) groups excluding carboxylic acids is 1. The maximum absolute atomic E-state index is 12.5. The number of hydrogen-bond acceptors (Lipinski definition) is 6. The molecular formula is C20H20N4O4. The Bertz CT molecular complexity index is 866. The van der Waals surface area contributed by atoms with E-state index in [2.05, 4.69) is 15.2 Å². The van der Waals surface area contributed by atoms with Crippen molar-refractivity contribution in [2.24, 2.45) is 10.3 Å². The van der Waals surface area contributed by atoms with Crippen molar-refractivity contribution in [3.63, 3.8) is 0 Å². The fourth-order valence-corrected chi connectivity index (χ4v) is 3.00. The number of nitrogens with zero attached hydrogens (tertiary/aromatic N) is 4. The number of azide groups is 1. The first-order valence-electron chi connectivity index (χ1n) is 8.88. The lowest BCUT2D eigenvalue weighted by Gasteiger charge is -2.31. The van der Waals surface area contributed by atoms with Gasteiger partial charge in [-0.25, -0.2) is 4.79 Å². The number of aliphatic hydroxyl groups excluding tert-OH is 1. The summed E-state index contributed by atoms with van der Waals surface area (Å²) in [5.41, 5.74) is 10.5. The Morgan fingerprint density at radius 3 is 2.50 bits per heavy atom. The molecule has 2 aromatic carbocycles. The SMILES string of the molecule is [N-]=[N+]=N[C@@H]1C[C@@H](O)C/C(=N\OCc2ccccc2)[C@H]1OC(=O)c1ccccc1. The van der Waals surface area contributed by atoms with Crippen LogP contribution >= 0.6 is 0 Å². The molecule has 28 heavy (non-hydrogen) atoms. The number of ether oxygens (including phenoxy) is 1. The summed E-state index contributed by atoms with van der Waals surface area (Å²) in [6, 6.07) is 17.2. The monoisotopic (exact) mass is 380 g/mol. The summed E-state index contributed by atoms with van der Waals surface area (Å²) in [5, 5.41) is 17.9. The van der Waals surface area contributed by atoms with Gasteiger partial charge in [0.25, 0.3) is 0 Å². The molecule has 3 atom stereocenters. The molecule has 3 rings (SSSR count). The number of hydrogen-bond donors (Lipinski definition) is 1. The van der Waals surface area contributed by atoms with Crippen molar-refractivity contribution >= 4 is 11.7 Å². The number of aliphatic hydroxyl groups is 1. The van der Waals surface area contributed by atoms with Gasteiger partial charge in [0.15, 0.2) is 6.10 Å². The molecule has 0 amide bonds. The molecule has 1 aliphatic rings. The number of carbonyl (C=O) groups is 1. The predicted octanol–water partition coefficient (Wildman–Crippen LogP) is 3.62. The first kappa shape index (κ1) is 19.4. The maximum Gasteiger partial charge on any atom is 0.338 e. The molecule has 0 aromatic heterocycles. The second-order valence-corrected chi connectivity index (χ2v) is 6.40. The lowest BCUT2D eigenvalue weighted by atomic mass is 9.89. The van der Waals surface area contributed by atoms with Crippen LogP contribution in [0.3, 0.4) is 0 Å². The zero-order valence-electron chi connectivity index (χ0n) is 15.1. The summed E-state index contributed by atoms with van der Waals surface area (Å²) in [6.07, 6.45) is -1.32. The van der Waals surface area contributed by atoms with E-state index in [1.807, 2.05) is 30.3 Å². The Morgan fingerprint density at radius 2 is 1.82 bits per heavy atom. The zero-order chi connectivity index (χ0) is 19.8. The molecule has 0 aliphatic heterocycles. The molecule has 144 valence electrons. The predicted molar refractivity (Wildman–Crippen MR) is 102 cm³/mol. The van der Waals surface area contributed by atoms with Gasteiger partial charge in [0, 0.05) is 11.3 Å². The molecule has 0 unspecified atom stereocenters. The van der Waals surface area contributed by atoms with E-state index in [-0.39, 0.29) is 19.4 Å². The van der Waals surface area contributed by atoms with Gasteiger partial charge in [-0.3, -0.25) is 0 Å². The number of esters is 1. The topological polar surface area (TPSA) is 117 Å². The summed E-state index contributed by atoms with van der Waals surface area (Å²) in [7, 11) is 0. The molecule has 1 aliphatic carbocycles. The minimum absolute atomic E-state index is 0.166. The Balaban J connectivity index is 1.78. The van der Waals surface area contributed by atoms with Crippen LogP contribution in [-0.2, 0) is 16.2 Å². The molecule has 2 aromatic rings. The zero-order valence-corrected chi connectivity index (χ0v) is 15.1. The average molecular weight is 380 g/mol. The van der Waals surface area contributed by atoms with Gasteiger partial charge >= 0.3 is 5.97 Å². The highest BCUT2D eigenvalue weighted by atomic mass is 16.6. The lowest BCUT2D eigenvalue weighted by Crippen LogP contribution is -2.45. The summed E-state index contributed by atoms with van der Waals surface area (Å²) < 4.78 is 5.58. The molecule has 0 heterocycles. The van der Waals surface area contributed by atoms with E-state index in [1.54, 1.807) is 30.3 Å². The van der Waals surface area contributed by atoms with Crippen molar-refractivity contribution in [3.8, 4) is 0 Å². The van der Waals surface area contributed by atoms with Crippen molar-refractivity contribution in [2.45, 2.75) is 37.7 Å². The molecule has 0 bridgehead atoms. The van der Waals surface area contributed by atoms with Crippen LogP contribution in [0.2, 0.25) is 0 Å². The second kappa shape index (κ2) is 9.55. The third kappa shape index (κ3) is 5.09. The van der Waals surface area contributed by atoms with Crippen LogP contribution in [0.1, 0.15) is 28.8 Å².